The Kier molecular flexibility index (Phi) is 4.07. The Balaban J connectivity index is 1.60. The molecule has 1 aliphatic heterocycles. The predicted octanol–water partition coefficient (Wildman–Crippen LogP) is 1.06. The van der Waals surface area contributed by atoms with Crippen LogP contribution in [-0.2, 0) is 29.2 Å². The molecular weight excluding hydrogens is 340 g/mol. The maximum Gasteiger partial charge on any atom is 0.270 e. The van der Waals surface area contributed by atoms with E-state index in [1.54, 1.807) is 17.1 Å². The van der Waals surface area contributed by atoms with Crippen LogP contribution in [0.5, 0.6) is 0 Å². The maximum absolute atomic E-state index is 12.8. The van der Waals surface area contributed by atoms with Gasteiger partial charge in [0, 0.05) is 24.5 Å². The number of hydrogen-bond acceptors (Lipinski definition) is 5. The number of nitrogens with one attached hydrogen (secondary N) is 1. The van der Waals surface area contributed by atoms with E-state index in [4.69, 9.17) is 0 Å². The number of sulfone groups is 1. The second-order valence-corrected chi connectivity index (χ2v) is 8.90. The van der Waals surface area contributed by atoms with Gasteiger partial charge in [0.05, 0.1) is 23.2 Å². The number of carbonyl (C=O) groups is 1. The van der Waals surface area contributed by atoms with Gasteiger partial charge in [-0.1, -0.05) is 6.07 Å². The Bertz CT molecular complexity index is 905. The van der Waals surface area contributed by atoms with Gasteiger partial charge in [0.2, 0.25) is 0 Å². The zero-order valence-electron chi connectivity index (χ0n) is 13.8. The number of aromatic nitrogens is 3. The van der Waals surface area contributed by atoms with Gasteiger partial charge in [0.25, 0.3) is 5.91 Å². The largest absolute Gasteiger partial charge is 0.347 e. The molecule has 8 heteroatoms. The van der Waals surface area contributed by atoms with Gasteiger partial charge in [-0.05, 0) is 37.3 Å². The van der Waals surface area contributed by atoms with Crippen molar-refractivity contribution in [2.75, 3.05) is 11.5 Å². The predicted molar refractivity (Wildman–Crippen MR) is 92.0 cm³/mol. The lowest BCUT2D eigenvalue weighted by molar-refractivity contribution is 0.0937. The average molecular weight is 360 g/mol. The van der Waals surface area contributed by atoms with E-state index in [1.807, 2.05) is 12.1 Å². The van der Waals surface area contributed by atoms with Gasteiger partial charge in [-0.2, -0.15) is 5.10 Å². The first-order chi connectivity index (χ1) is 12.0. The molecule has 1 aliphatic carbocycles. The highest BCUT2D eigenvalue weighted by Gasteiger charge is 2.35. The standard InChI is InChI=1S/C17H20N4O3S/c22-17(19-10-12-3-2-7-18-9-12)16-14-4-1-5-15(14)20-21(16)13-6-8-25(23,24)11-13/h2-3,7,9,13H,1,4-6,8,10-11H2,(H,19,22). The summed E-state index contributed by atoms with van der Waals surface area (Å²) < 4.78 is 25.3. The molecule has 1 saturated heterocycles. The fraction of sp³-hybridized carbons (Fsp3) is 0.471. The first-order valence-electron chi connectivity index (χ1n) is 8.51. The Morgan fingerprint density at radius 1 is 1.36 bits per heavy atom. The SMILES string of the molecule is O=C(NCc1cccnc1)c1c2c(nn1C1CCS(=O)(=O)C1)CCC2. The Labute approximate surface area is 146 Å². The summed E-state index contributed by atoms with van der Waals surface area (Å²) in [4.78, 5) is 16.9. The number of aryl methyl sites for hydroxylation is 1. The summed E-state index contributed by atoms with van der Waals surface area (Å²) in [5.41, 5.74) is 3.38. The summed E-state index contributed by atoms with van der Waals surface area (Å²) in [7, 11) is -3.03. The van der Waals surface area contributed by atoms with Crippen LogP contribution in [0, 0.1) is 0 Å². The van der Waals surface area contributed by atoms with E-state index in [-0.39, 0.29) is 23.5 Å². The monoisotopic (exact) mass is 360 g/mol. The molecule has 7 nitrogen and oxygen atoms in total. The summed E-state index contributed by atoms with van der Waals surface area (Å²) in [5, 5.41) is 7.52. The summed E-state index contributed by atoms with van der Waals surface area (Å²) in [5.74, 6) is 0.0406. The smallest absolute Gasteiger partial charge is 0.270 e. The first kappa shape index (κ1) is 16.3. The number of fused-ring (bicyclic) bond motifs is 1. The van der Waals surface area contributed by atoms with Crippen LogP contribution in [0.25, 0.3) is 0 Å². The molecule has 0 bridgehead atoms. The lowest BCUT2D eigenvalue weighted by Crippen LogP contribution is -2.28. The minimum atomic E-state index is -3.03. The zero-order chi connectivity index (χ0) is 17.4. The maximum atomic E-state index is 12.8. The normalized spacial score (nSPS) is 21.2. The van der Waals surface area contributed by atoms with Crippen molar-refractivity contribution in [1.29, 1.82) is 0 Å². The van der Waals surface area contributed by atoms with Crippen molar-refractivity contribution in [3.8, 4) is 0 Å². The lowest BCUT2D eigenvalue weighted by Gasteiger charge is -2.14. The van der Waals surface area contributed by atoms with E-state index in [1.165, 1.54) is 0 Å². The summed E-state index contributed by atoms with van der Waals surface area (Å²) in [6.07, 6.45) is 6.59. The van der Waals surface area contributed by atoms with Crippen LogP contribution in [0.4, 0.5) is 0 Å². The lowest BCUT2D eigenvalue weighted by atomic mass is 10.1. The third-order valence-corrected chi connectivity index (χ3v) is 6.63. The van der Waals surface area contributed by atoms with Crippen LogP contribution in [0.3, 0.4) is 0 Å². The van der Waals surface area contributed by atoms with E-state index in [2.05, 4.69) is 15.4 Å². The van der Waals surface area contributed by atoms with E-state index in [0.29, 0.717) is 18.7 Å². The summed E-state index contributed by atoms with van der Waals surface area (Å²) >= 11 is 0. The van der Waals surface area contributed by atoms with Crippen LogP contribution in [-0.4, -0.2) is 40.6 Å². The van der Waals surface area contributed by atoms with E-state index in [0.717, 1.165) is 36.1 Å². The van der Waals surface area contributed by atoms with E-state index < -0.39 is 9.84 Å². The Morgan fingerprint density at radius 2 is 2.24 bits per heavy atom. The molecule has 1 unspecified atom stereocenters. The van der Waals surface area contributed by atoms with Crippen molar-refractivity contribution in [2.24, 2.45) is 0 Å². The summed E-state index contributed by atoms with van der Waals surface area (Å²) in [6.45, 7) is 0.385. The van der Waals surface area contributed by atoms with Crippen molar-refractivity contribution in [2.45, 2.75) is 38.3 Å². The van der Waals surface area contributed by atoms with Crippen LogP contribution in [0.2, 0.25) is 0 Å². The molecule has 1 fully saturated rings. The summed E-state index contributed by atoms with van der Waals surface area (Å²) in [6, 6.07) is 3.49. The highest BCUT2D eigenvalue weighted by Crippen LogP contribution is 2.31. The van der Waals surface area contributed by atoms with Crippen LogP contribution in [0.15, 0.2) is 24.5 Å². The molecule has 3 heterocycles. The van der Waals surface area contributed by atoms with Gasteiger partial charge < -0.3 is 5.32 Å². The average Bonchev–Trinajstić information content (AvgIpc) is 3.27. The quantitative estimate of drug-likeness (QED) is 0.880. The van der Waals surface area contributed by atoms with Gasteiger partial charge in [-0.15, -0.1) is 0 Å². The molecule has 4 rings (SSSR count). The van der Waals surface area contributed by atoms with Gasteiger partial charge in [-0.3, -0.25) is 14.5 Å². The van der Waals surface area contributed by atoms with Crippen molar-refractivity contribution in [3.63, 3.8) is 0 Å². The number of amides is 1. The van der Waals surface area contributed by atoms with E-state index >= 15 is 0 Å². The van der Waals surface area contributed by atoms with E-state index in [9.17, 15) is 13.2 Å². The molecular formula is C17H20N4O3S. The third-order valence-electron chi connectivity index (χ3n) is 4.88. The number of nitrogens with zero attached hydrogens (tertiary/aromatic N) is 3. The van der Waals surface area contributed by atoms with Crippen LogP contribution < -0.4 is 5.32 Å². The molecule has 0 spiro atoms. The second-order valence-electron chi connectivity index (χ2n) is 6.67. The zero-order valence-corrected chi connectivity index (χ0v) is 14.6. The molecule has 0 saturated carbocycles. The van der Waals surface area contributed by atoms with Crippen molar-refractivity contribution in [3.05, 3.63) is 47.0 Å². The van der Waals surface area contributed by atoms with Crippen molar-refractivity contribution >= 4 is 15.7 Å². The minimum Gasteiger partial charge on any atom is -0.347 e. The number of hydrogen-bond donors (Lipinski definition) is 1. The molecule has 1 N–H and O–H groups in total. The fourth-order valence-corrected chi connectivity index (χ4v) is 5.35. The van der Waals surface area contributed by atoms with Crippen LogP contribution >= 0.6 is 0 Å². The number of pyridine rings is 1. The molecule has 0 aromatic carbocycles. The van der Waals surface area contributed by atoms with Gasteiger partial charge in [-0.25, -0.2) is 8.42 Å². The molecule has 2 aromatic rings. The first-order valence-corrected chi connectivity index (χ1v) is 10.3. The number of carbonyl (C=O) groups excluding carboxylic acids is 1. The molecule has 0 radical (unpaired) electrons. The third kappa shape index (κ3) is 3.18. The molecule has 132 valence electrons. The molecule has 1 atom stereocenters. The van der Waals surface area contributed by atoms with Gasteiger partial charge in [0.15, 0.2) is 9.84 Å². The Morgan fingerprint density at radius 3 is 2.96 bits per heavy atom. The molecule has 25 heavy (non-hydrogen) atoms. The fourth-order valence-electron chi connectivity index (χ4n) is 3.65. The van der Waals surface area contributed by atoms with Gasteiger partial charge in [0.1, 0.15) is 5.69 Å². The molecule has 2 aromatic heterocycles. The second kappa shape index (κ2) is 6.25. The Hall–Kier alpha value is -2.22. The highest BCUT2D eigenvalue weighted by molar-refractivity contribution is 7.91. The number of rotatable bonds is 4. The minimum absolute atomic E-state index is 0.0659. The highest BCUT2D eigenvalue weighted by atomic mass is 32.2. The van der Waals surface area contributed by atoms with Crippen molar-refractivity contribution < 1.29 is 13.2 Å². The van der Waals surface area contributed by atoms with Crippen molar-refractivity contribution in [1.82, 2.24) is 20.1 Å². The van der Waals surface area contributed by atoms with Gasteiger partial charge >= 0.3 is 0 Å². The molecule has 2 aliphatic rings. The molecule has 1 amide bonds. The topological polar surface area (TPSA) is 93.9 Å². The van der Waals surface area contributed by atoms with Crippen LogP contribution in [0.1, 0.15) is 46.2 Å².